The first-order valence-electron chi connectivity index (χ1n) is 32.9. The van der Waals surface area contributed by atoms with Crippen molar-refractivity contribution in [3.8, 4) is 0 Å². The van der Waals surface area contributed by atoms with Gasteiger partial charge in [0.15, 0.2) is 0 Å². The Hall–Kier alpha value is -2.81. The summed E-state index contributed by atoms with van der Waals surface area (Å²) in [4.78, 5) is 37.8. The molecular formula is C69H126N2O7P+. The largest absolute Gasteiger partial charge is 0.472 e. The molecule has 0 saturated carbocycles. The number of esters is 1. The van der Waals surface area contributed by atoms with Crippen molar-refractivity contribution in [2.45, 2.75) is 303 Å². The van der Waals surface area contributed by atoms with E-state index in [1.165, 1.54) is 148 Å². The number of carbonyl (C=O) groups is 2. The summed E-state index contributed by atoms with van der Waals surface area (Å²) >= 11 is 0. The Morgan fingerprint density at radius 1 is 0.456 bits per heavy atom. The van der Waals surface area contributed by atoms with Crippen LogP contribution in [0.25, 0.3) is 0 Å². The van der Waals surface area contributed by atoms with Crippen molar-refractivity contribution >= 4 is 19.7 Å². The van der Waals surface area contributed by atoms with Crippen LogP contribution in [0.2, 0.25) is 0 Å². The normalized spacial score (nSPS) is 14.2. The van der Waals surface area contributed by atoms with Gasteiger partial charge in [-0.15, -0.1) is 0 Å². The summed E-state index contributed by atoms with van der Waals surface area (Å²) < 4.78 is 30.7. The number of carbonyl (C=O) groups excluding carboxylic acids is 2. The number of nitrogens with zero attached hydrogens (tertiary/aromatic N) is 1. The molecule has 0 bridgehead atoms. The standard InChI is InChI=1S/C69H125N2O7P/c1-7-10-13-16-19-22-25-28-30-32-33-34-35-36-37-39-41-44-47-50-53-56-59-62-69(73)78-67(60-57-54-51-48-45-42-27-24-21-18-15-12-9-3)66(65-77-79(74,75)76-64-63-71(4,5)6)70-68(72)61-58-55-52-49-46-43-40-38-31-29-26-23-20-17-14-11-8-2/h10,13,19,22,28,30,33-34,36-37,41,44,57,60,66-67H,7-9,11-12,14-18,20-21,23-27,29,31-32,35,38-40,42-43,45-56,58-59,61-65H2,1-6H3,(H-,70,72,74,75)/p+1/b13-10-,22-19-,30-28-,34-33-,37-36-,44-41-,60-57+. The molecule has 0 spiro atoms. The number of allylic oxidation sites excluding steroid dienone is 13. The van der Waals surface area contributed by atoms with Crippen LogP contribution in [-0.4, -0.2) is 74.3 Å². The average Bonchev–Trinajstić information content (AvgIpc) is 3.41. The van der Waals surface area contributed by atoms with Gasteiger partial charge in [0.2, 0.25) is 5.91 Å². The molecule has 0 aliphatic carbocycles. The number of rotatable bonds is 59. The number of likely N-dealkylation sites (N-methyl/N-ethyl adjacent to an activating group) is 1. The monoisotopic (exact) mass is 1130 g/mol. The van der Waals surface area contributed by atoms with Gasteiger partial charge in [-0.25, -0.2) is 4.57 Å². The Bertz CT molecular complexity index is 1630. The van der Waals surface area contributed by atoms with Gasteiger partial charge < -0.3 is 19.4 Å². The zero-order chi connectivity index (χ0) is 57.9. The molecule has 0 radical (unpaired) electrons. The molecule has 10 heteroatoms. The second-order valence-electron chi connectivity index (χ2n) is 23.3. The molecule has 0 aromatic carbocycles. The van der Waals surface area contributed by atoms with Crippen LogP contribution in [0.3, 0.4) is 0 Å². The van der Waals surface area contributed by atoms with Crippen molar-refractivity contribution in [3.63, 3.8) is 0 Å². The Kier molecular flexibility index (Phi) is 56.3. The maximum absolute atomic E-state index is 13.6. The van der Waals surface area contributed by atoms with E-state index in [4.69, 9.17) is 13.8 Å². The van der Waals surface area contributed by atoms with Crippen molar-refractivity contribution in [2.75, 3.05) is 40.9 Å². The van der Waals surface area contributed by atoms with Gasteiger partial charge in [-0.3, -0.25) is 18.6 Å². The quantitative estimate of drug-likeness (QED) is 0.0205. The summed E-state index contributed by atoms with van der Waals surface area (Å²) in [7, 11) is 1.48. The summed E-state index contributed by atoms with van der Waals surface area (Å²) in [5.74, 6) is -0.528. The van der Waals surface area contributed by atoms with Gasteiger partial charge in [0, 0.05) is 12.8 Å². The number of hydrogen-bond donors (Lipinski definition) is 2. The zero-order valence-electron chi connectivity index (χ0n) is 52.3. The Morgan fingerprint density at radius 3 is 1.22 bits per heavy atom. The number of unbranched alkanes of at least 4 members (excludes halogenated alkanes) is 31. The van der Waals surface area contributed by atoms with Crippen LogP contribution >= 0.6 is 7.82 Å². The molecule has 3 unspecified atom stereocenters. The van der Waals surface area contributed by atoms with Crippen molar-refractivity contribution < 1.29 is 37.3 Å². The SMILES string of the molecule is CC/C=C\C/C=C\C/C=C\C/C=C\C/C=C\C/C=C\CCCCCCC(=O)OC(/C=C/CCCCCCCCCCCCC)C(COP(=O)(O)OCC[N+](C)(C)C)NC(=O)CCCCCCCCCCCCCCCCCCC. The number of quaternary nitrogens is 1. The third-order valence-electron chi connectivity index (χ3n) is 14.3. The summed E-state index contributed by atoms with van der Waals surface area (Å²) in [5, 5.41) is 3.06. The van der Waals surface area contributed by atoms with E-state index in [0.29, 0.717) is 23.9 Å². The highest BCUT2D eigenvalue weighted by Gasteiger charge is 2.30. The van der Waals surface area contributed by atoms with Crippen LogP contribution < -0.4 is 5.32 Å². The average molecular weight is 1130 g/mol. The number of ether oxygens (including phenoxy) is 1. The van der Waals surface area contributed by atoms with Crippen LogP contribution in [0.1, 0.15) is 290 Å². The number of phosphoric ester groups is 1. The summed E-state index contributed by atoms with van der Waals surface area (Å²) in [6, 6.07) is -0.861. The highest BCUT2D eigenvalue weighted by atomic mass is 31.2. The minimum atomic E-state index is -4.46. The highest BCUT2D eigenvalue weighted by Crippen LogP contribution is 2.43. The Labute approximate surface area is 488 Å². The maximum Gasteiger partial charge on any atom is 0.472 e. The molecule has 0 aliphatic rings. The number of hydrogen-bond acceptors (Lipinski definition) is 6. The Balaban J connectivity index is 5.27. The lowest BCUT2D eigenvalue weighted by Crippen LogP contribution is -2.47. The van der Waals surface area contributed by atoms with Crippen molar-refractivity contribution in [3.05, 3.63) is 85.1 Å². The van der Waals surface area contributed by atoms with Gasteiger partial charge in [0.1, 0.15) is 19.3 Å². The van der Waals surface area contributed by atoms with Crippen molar-refractivity contribution in [2.24, 2.45) is 0 Å². The fourth-order valence-electron chi connectivity index (χ4n) is 9.30. The molecule has 0 fully saturated rings. The number of phosphoric acid groups is 1. The van der Waals surface area contributed by atoms with Crippen molar-refractivity contribution in [1.29, 1.82) is 0 Å². The predicted octanol–water partition coefficient (Wildman–Crippen LogP) is 20.6. The predicted molar refractivity (Wildman–Crippen MR) is 341 cm³/mol. The van der Waals surface area contributed by atoms with Crippen LogP contribution in [0, 0.1) is 0 Å². The molecule has 9 nitrogen and oxygen atoms in total. The van der Waals surface area contributed by atoms with Gasteiger partial charge >= 0.3 is 13.8 Å². The molecule has 1 amide bonds. The van der Waals surface area contributed by atoms with E-state index in [1.807, 2.05) is 33.3 Å². The number of amides is 1. The summed E-state index contributed by atoms with van der Waals surface area (Å²) in [5.41, 5.74) is 0. The minimum absolute atomic E-state index is 0.0340. The molecule has 2 N–H and O–H groups in total. The van der Waals surface area contributed by atoms with Crippen molar-refractivity contribution in [1.82, 2.24) is 5.32 Å². The molecule has 3 atom stereocenters. The first kappa shape index (κ1) is 76.2. The van der Waals surface area contributed by atoms with E-state index in [2.05, 4.69) is 99.0 Å². The zero-order valence-corrected chi connectivity index (χ0v) is 53.2. The molecule has 79 heavy (non-hydrogen) atoms. The van der Waals surface area contributed by atoms with Crippen LogP contribution in [0.5, 0.6) is 0 Å². The molecular weight excluding hydrogens is 1000 g/mol. The first-order chi connectivity index (χ1) is 38.4. The summed E-state index contributed by atoms with van der Waals surface area (Å²) in [6.45, 7) is 6.91. The second kappa shape index (κ2) is 58.4. The lowest BCUT2D eigenvalue weighted by atomic mass is 10.0. The molecule has 0 aromatic heterocycles. The van der Waals surface area contributed by atoms with Crippen LogP contribution in [0.4, 0.5) is 0 Å². The lowest BCUT2D eigenvalue weighted by Gasteiger charge is -2.27. The van der Waals surface area contributed by atoms with Gasteiger partial charge in [-0.2, -0.15) is 0 Å². The van der Waals surface area contributed by atoms with E-state index in [9.17, 15) is 19.0 Å². The van der Waals surface area contributed by atoms with Gasteiger partial charge in [-0.1, -0.05) is 280 Å². The molecule has 458 valence electrons. The van der Waals surface area contributed by atoms with Gasteiger partial charge in [0.25, 0.3) is 0 Å². The fraction of sp³-hybridized carbons (Fsp3) is 0.768. The Morgan fingerprint density at radius 2 is 0.810 bits per heavy atom. The molecule has 0 saturated heterocycles. The van der Waals surface area contributed by atoms with E-state index in [1.54, 1.807) is 0 Å². The fourth-order valence-corrected chi connectivity index (χ4v) is 10.0. The van der Waals surface area contributed by atoms with Gasteiger partial charge in [0.05, 0.1) is 33.8 Å². The summed E-state index contributed by atoms with van der Waals surface area (Å²) in [6.07, 6.45) is 77.2. The third-order valence-corrected chi connectivity index (χ3v) is 15.3. The number of nitrogens with one attached hydrogen (secondary N) is 1. The highest BCUT2D eigenvalue weighted by molar-refractivity contribution is 7.47. The first-order valence-corrected chi connectivity index (χ1v) is 34.4. The van der Waals surface area contributed by atoms with Crippen LogP contribution in [0.15, 0.2) is 85.1 Å². The molecule has 0 rings (SSSR count). The van der Waals surface area contributed by atoms with E-state index in [0.717, 1.165) is 103 Å². The second-order valence-corrected chi connectivity index (χ2v) is 24.7. The molecule has 0 aliphatic heterocycles. The molecule has 0 aromatic rings. The lowest BCUT2D eigenvalue weighted by molar-refractivity contribution is -0.870. The topological polar surface area (TPSA) is 111 Å². The molecule has 0 heterocycles. The van der Waals surface area contributed by atoms with E-state index < -0.39 is 20.0 Å². The smallest absolute Gasteiger partial charge is 0.456 e. The maximum atomic E-state index is 13.6. The minimum Gasteiger partial charge on any atom is -0.456 e. The van der Waals surface area contributed by atoms with Gasteiger partial charge in [-0.05, 0) is 83.1 Å². The third kappa shape index (κ3) is 59.6. The van der Waals surface area contributed by atoms with E-state index >= 15 is 0 Å². The van der Waals surface area contributed by atoms with Crippen LogP contribution in [-0.2, 0) is 27.9 Å². The van der Waals surface area contributed by atoms with E-state index in [-0.39, 0.29) is 31.5 Å².